The zero-order chi connectivity index (χ0) is 13.1. The van der Waals surface area contributed by atoms with Gasteiger partial charge in [0, 0.05) is 6.54 Å². The van der Waals surface area contributed by atoms with E-state index in [4.69, 9.17) is 9.47 Å². The summed E-state index contributed by atoms with van der Waals surface area (Å²) >= 11 is 0. The first-order valence-electron chi connectivity index (χ1n) is 6.77. The zero-order valence-corrected chi connectivity index (χ0v) is 11.6. The highest BCUT2D eigenvalue weighted by Crippen LogP contribution is 2.07. The number of rotatable bonds is 10. The van der Waals surface area contributed by atoms with Crippen LogP contribution in [0.2, 0.25) is 0 Å². The van der Waals surface area contributed by atoms with Crippen LogP contribution in [0.3, 0.4) is 0 Å². The van der Waals surface area contributed by atoms with Crippen LogP contribution >= 0.6 is 0 Å². The molecule has 0 heterocycles. The summed E-state index contributed by atoms with van der Waals surface area (Å²) in [5.41, 5.74) is 0. The molecule has 0 unspecified atom stereocenters. The molecule has 1 aromatic rings. The van der Waals surface area contributed by atoms with Gasteiger partial charge in [0.2, 0.25) is 0 Å². The lowest BCUT2D eigenvalue weighted by molar-refractivity contribution is 0.0847. The summed E-state index contributed by atoms with van der Waals surface area (Å²) in [6.45, 7) is 6.40. The van der Waals surface area contributed by atoms with Crippen molar-refractivity contribution in [1.82, 2.24) is 4.90 Å². The fraction of sp³-hybridized carbons (Fsp3) is 0.600. The van der Waals surface area contributed by atoms with E-state index in [9.17, 15) is 0 Å². The molecule has 0 saturated carbocycles. The number of ether oxygens (including phenoxy) is 2. The van der Waals surface area contributed by atoms with Gasteiger partial charge < -0.3 is 14.4 Å². The average Bonchev–Trinajstić information content (AvgIpc) is 2.41. The van der Waals surface area contributed by atoms with Crippen molar-refractivity contribution >= 4 is 0 Å². The van der Waals surface area contributed by atoms with Crippen LogP contribution < -0.4 is 4.74 Å². The van der Waals surface area contributed by atoms with Crippen molar-refractivity contribution in [2.45, 2.75) is 19.8 Å². The third-order valence-corrected chi connectivity index (χ3v) is 2.75. The molecule has 0 N–H and O–H groups in total. The lowest BCUT2D eigenvalue weighted by Gasteiger charge is -2.15. The monoisotopic (exact) mass is 251 g/mol. The number of para-hydroxylation sites is 1. The van der Waals surface area contributed by atoms with Crippen molar-refractivity contribution in [3.8, 4) is 5.75 Å². The van der Waals surface area contributed by atoms with E-state index in [0.29, 0.717) is 13.2 Å². The molecule has 1 aromatic carbocycles. The van der Waals surface area contributed by atoms with Gasteiger partial charge in [0.25, 0.3) is 0 Å². The van der Waals surface area contributed by atoms with E-state index in [1.54, 1.807) is 0 Å². The minimum Gasteiger partial charge on any atom is -0.491 e. The van der Waals surface area contributed by atoms with E-state index in [0.717, 1.165) is 25.4 Å². The predicted octanol–water partition coefficient (Wildman–Crippen LogP) is 2.81. The quantitative estimate of drug-likeness (QED) is 0.597. The Morgan fingerprint density at radius 3 is 2.50 bits per heavy atom. The molecular weight excluding hydrogens is 226 g/mol. The fourth-order valence-corrected chi connectivity index (χ4v) is 1.60. The van der Waals surface area contributed by atoms with E-state index in [2.05, 4.69) is 18.9 Å². The molecule has 3 nitrogen and oxygen atoms in total. The Morgan fingerprint density at radius 1 is 1.00 bits per heavy atom. The summed E-state index contributed by atoms with van der Waals surface area (Å²) in [6, 6.07) is 9.84. The summed E-state index contributed by atoms with van der Waals surface area (Å²) in [4.78, 5) is 2.31. The molecule has 18 heavy (non-hydrogen) atoms. The lowest BCUT2D eigenvalue weighted by Crippen LogP contribution is -2.25. The largest absolute Gasteiger partial charge is 0.491 e. The summed E-state index contributed by atoms with van der Waals surface area (Å²) in [7, 11) is 2.14. The maximum Gasteiger partial charge on any atom is 0.119 e. The van der Waals surface area contributed by atoms with Crippen LogP contribution in [0.15, 0.2) is 30.3 Å². The third kappa shape index (κ3) is 7.30. The Morgan fingerprint density at radius 2 is 1.78 bits per heavy atom. The fourth-order valence-electron chi connectivity index (χ4n) is 1.60. The van der Waals surface area contributed by atoms with Crippen LogP contribution in [0, 0.1) is 0 Å². The second kappa shape index (κ2) is 9.92. The maximum absolute atomic E-state index is 5.54. The van der Waals surface area contributed by atoms with E-state index >= 15 is 0 Å². The normalized spacial score (nSPS) is 10.8. The Hall–Kier alpha value is -1.06. The standard InChI is InChI=1S/C15H25NO2/c1-3-4-10-16(2)11-12-17-13-14-18-15-8-6-5-7-9-15/h5-9H,3-4,10-14H2,1-2H3. The second-order valence-electron chi connectivity index (χ2n) is 4.43. The SMILES string of the molecule is CCCCN(C)CCOCCOc1ccccc1. The minimum absolute atomic E-state index is 0.614. The van der Waals surface area contributed by atoms with Crippen molar-refractivity contribution in [3.63, 3.8) is 0 Å². The molecule has 0 radical (unpaired) electrons. The highest BCUT2D eigenvalue weighted by Gasteiger charge is 1.97. The molecule has 0 spiro atoms. The van der Waals surface area contributed by atoms with Gasteiger partial charge in [-0.1, -0.05) is 31.5 Å². The molecule has 102 valence electrons. The van der Waals surface area contributed by atoms with Crippen molar-refractivity contribution in [2.24, 2.45) is 0 Å². The minimum atomic E-state index is 0.614. The van der Waals surface area contributed by atoms with Crippen molar-refractivity contribution < 1.29 is 9.47 Å². The molecule has 0 saturated heterocycles. The van der Waals surface area contributed by atoms with Gasteiger partial charge in [-0.2, -0.15) is 0 Å². The van der Waals surface area contributed by atoms with Gasteiger partial charge in [0.1, 0.15) is 12.4 Å². The Kier molecular flexibility index (Phi) is 8.26. The van der Waals surface area contributed by atoms with Crippen molar-refractivity contribution in [1.29, 1.82) is 0 Å². The molecule has 0 aliphatic rings. The van der Waals surface area contributed by atoms with Crippen LogP contribution in [0.5, 0.6) is 5.75 Å². The average molecular weight is 251 g/mol. The summed E-state index contributed by atoms with van der Waals surface area (Å²) in [5, 5.41) is 0. The van der Waals surface area contributed by atoms with E-state index in [-0.39, 0.29) is 0 Å². The van der Waals surface area contributed by atoms with Gasteiger partial charge in [-0.3, -0.25) is 0 Å². The van der Waals surface area contributed by atoms with Crippen molar-refractivity contribution in [2.75, 3.05) is 40.0 Å². The summed E-state index contributed by atoms with van der Waals surface area (Å²) < 4.78 is 11.1. The molecule has 0 aliphatic heterocycles. The number of nitrogens with zero attached hydrogens (tertiary/aromatic N) is 1. The lowest BCUT2D eigenvalue weighted by atomic mass is 10.3. The van der Waals surface area contributed by atoms with E-state index in [1.165, 1.54) is 12.8 Å². The van der Waals surface area contributed by atoms with Crippen LogP contribution in [-0.4, -0.2) is 44.9 Å². The van der Waals surface area contributed by atoms with Gasteiger partial charge in [-0.25, -0.2) is 0 Å². The van der Waals surface area contributed by atoms with Gasteiger partial charge in [0.15, 0.2) is 0 Å². The topological polar surface area (TPSA) is 21.7 Å². The van der Waals surface area contributed by atoms with Crippen LogP contribution in [-0.2, 0) is 4.74 Å². The second-order valence-corrected chi connectivity index (χ2v) is 4.43. The van der Waals surface area contributed by atoms with E-state index < -0.39 is 0 Å². The first-order valence-corrected chi connectivity index (χ1v) is 6.77. The molecular formula is C15H25NO2. The number of hydrogen-bond donors (Lipinski definition) is 0. The summed E-state index contributed by atoms with van der Waals surface area (Å²) in [6.07, 6.45) is 2.50. The summed E-state index contributed by atoms with van der Waals surface area (Å²) in [5.74, 6) is 0.904. The first-order chi connectivity index (χ1) is 8.83. The van der Waals surface area contributed by atoms with Gasteiger partial charge >= 0.3 is 0 Å². The van der Waals surface area contributed by atoms with Gasteiger partial charge in [0.05, 0.1) is 13.2 Å². The van der Waals surface area contributed by atoms with E-state index in [1.807, 2.05) is 30.3 Å². The highest BCUT2D eigenvalue weighted by molar-refractivity contribution is 5.20. The van der Waals surface area contributed by atoms with Crippen LogP contribution in [0.1, 0.15) is 19.8 Å². The Bertz CT molecular complexity index is 290. The maximum atomic E-state index is 5.54. The molecule has 0 bridgehead atoms. The first kappa shape index (κ1) is 15.0. The Labute approximate surface area is 111 Å². The van der Waals surface area contributed by atoms with Gasteiger partial charge in [-0.15, -0.1) is 0 Å². The molecule has 1 rings (SSSR count). The van der Waals surface area contributed by atoms with Gasteiger partial charge in [-0.05, 0) is 32.1 Å². The number of likely N-dealkylation sites (N-methyl/N-ethyl adjacent to an activating group) is 1. The predicted molar refractivity (Wildman–Crippen MR) is 75.2 cm³/mol. The van der Waals surface area contributed by atoms with Crippen LogP contribution in [0.25, 0.3) is 0 Å². The molecule has 0 aromatic heterocycles. The Balaban J connectivity index is 1.93. The highest BCUT2D eigenvalue weighted by atomic mass is 16.5. The van der Waals surface area contributed by atoms with Crippen molar-refractivity contribution in [3.05, 3.63) is 30.3 Å². The number of unbranched alkanes of at least 4 members (excludes halogenated alkanes) is 1. The molecule has 3 heteroatoms. The van der Waals surface area contributed by atoms with Crippen LogP contribution in [0.4, 0.5) is 0 Å². The zero-order valence-electron chi connectivity index (χ0n) is 11.6. The molecule has 0 atom stereocenters. The third-order valence-electron chi connectivity index (χ3n) is 2.75. The smallest absolute Gasteiger partial charge is 0.119 e. The molecule has 0 fully saturated rings. The number of hydrogen-bond acceptors (Lipinski definition) is 3. The molecule has 0 aliphatic carbocycles. The molecule has 0 amide bonds. The number of benzene rings is 1.